The fraction of sp³-hybridized carbons (Fsp3) is 0.0667. The van der Waals surface area contributed by atoms with Gasteiger partial charge >= 0.3 is 5.97 Å². The van der Waals surface area contributed by atoms with Crippen molar-refractivity contribution in [2.24, 2.45) is 0 Å². The third-order valence-corrected chi connectivity index (χ3v) is 2.48. The minimum Gasteiger partial charge on any atom is -0.423 e. The van der Waals surface area contributed by atoms with Gasteiger partial charge in [-0.05, 0) is 43.3 Å². The van der Waals surface area contributed by atoms with E-state index >= 15 is 0 Å². The molecule has 0 saturated carbocycles. The van der Waals surface area contributed by atoms with Crippen molar-refractivity contribution in [2.75, 3.05) is 0 Å². The van der Waals surface area contributed by atoms with Crippen LogP contribution in [0.4, 0.5) is 0 Å². The number of hydrogen-bond donors (Lipinski definition) is 0. The van der Waals surface area contributed by atoms with Crippen LogP contribution < -0.4 is 4.74 Å². The maximum atomic E-state index is 11.8. The molecule has 0 aliphatic carbocycles. The zero-order chi connectivity index (χ0) is 13.0. The second-order valence-electron chi connectivity index (χ2n) is 3.89. The fourth-order valence-electron chi connectivity index (χ4n) is 1.45. The molecule has 0 unspecified atom stereocenters. The predicted octanol–water partition coefficient (Wildman–Crippen LogP) is 3.09. The van der Waals surface area contributed by atoms with Gasteiger partial charge in [-0.25, -0.2) is 4.79 Å². The smallest absolute Gasteiger partial charge is 0.343 e. The number of ether oxygens (including phenoxy) is 1. The highest BCUT2D eigenvalue weighted by atomic mass is 16.5. The average Bonchev–Trinajstić information content (AvgIpc) is 2.41. The number of aryl methyl sites for hydroxylation is 1. The Balaban J connectivity index is 2.12. The molecule has 3 nitrogen and oxygen atoms in total. The van der Waals surface area contributed by atoms with Crippen LogP contribution in [-0.2, 0) is 0 Å². The van der Waals surface area contributed by atoms with E-state index in [0.717, 1.165) is 5.56 Å². The second kappa shape index (κ2) is 5.15. The number of benzene rings is 2. The van der Waals surface area contributed by atoms with Crippen molar-refractivity contribution in [3.05, 3.63) is 65.2 Å². The molecule has 0 spiro atoms. The molecule has 0 aliphatic rings. The van der Waals surface area contributed by atoms with Gasteiger partial charge in [0.15, 0.2) is 0 Å². The molecule has 0 aromatic heterocycles. The fourth-order valence-corrected chi connectivity index (χ4v) is 1.45. The number of nitriles is 1. The lowest BCUT2D eigenvalue weighted by molar-refractivity contribution is 0.0735. The Labute approximate surface area is 105 Å². The number of rotatable bonds is 2. The maximum Gasteiger partial charge on any atom is 0.343 e. The van der Waals surface area contributed by atoms with Crippen LogP contribution in [0.3, 0.4) is 0 Å². The molecule has 0 atom stereocenters. The quantitative estimate of drug-likeness (QED) is 0.595. The molecule has 18 heavy (non-hydrogen) atoms. The first-order chi connectivity index (χ1) is 8.69. The van der Waals surface area contributed by atoms with Gasteiger partial charge in [0, 0.05) is 0 Å². The molecule has 0 saturated heterocycles. The van der Waals surface area contributed by atoms with E-state index in [1.807, 2.05) is 25.1 Å². The van der Waals surface area contributed by atoms with E-state index in [9.17, 15) is 4.79 Å². The number of nitrogens with zero attached hydrogens (tertiary/aromatic N) is 1. The van der Waals surface area contributed by atoms with E-state index in [1.54, 1.807) is 36.4 Å². The Hall–Kier alpha value is -2.60. The summed E-state index contributed by atoms with van der Waals surface area (Å²) in [6, 6.07) is 15.6. The van der Waals surface area contributed by atoms with Gasteiger partial charge in [0.05, 0.1) is 17.2 Å². The summed E-state index contributed by atoms with van der Waals surface area (Å²) in [6.07, 6.45) is 0. The van der Waals surface area contributed by atoms with Crippen molar-refractivity contribution in [3.8, 4) is 11.8 Å². The summed E-state index contributed by atoms with van der Waals surface area (Å²) in [5.41, 5.74) is 2.05. The van der Waals surface area contributed by atoms with Gasteiger partial charge < -0.3 is 4.74 Å². The molecule has 0 amide bonds. The van der Waals surface area contributed by atoms with Crippen LogP contribution in [0.1, 0.15) is 21.5 Å². The normalized spacial score (nSPS) is 9.56. The topological polar surface area (TPSA) is 50.1 Å². The van der Waals surface area contributed by atoms with Gasteiger partial charge in [-0.2, -0.15) is 5.26 Å². The largest absolute Gasteiger partial charge is 0.423 e. The van der Waals surface area contributed by atoms with Crippen molar-refractivity contribution in [1.29, 1.82) is 5.26 Å². The van der Waals surface area contributed by atoms with Crippen molar-refractivity contribution < 1.29 is 9.53 Å². The molecule has 0 fully saturated rings. The maximum absolute atomic E-state index is 11.8. The first kappa shape index (κ1) is 11.9. The molecule has 0 N–H and O–H groups in total. The van der Waals surface area contributed by atoms with Crippen LogP contribution in [0.5, 0.6) is 5.75 Å². The van der Waals surface area contributed by atoms with Crippen LogP contribution in [0, 0.1) is 18.3 Å². The van der Waals surface area contributed by atoms with Gasteiger partial charge in [0.25, 0.3) is 0 Å². The zero-order valence-electron chi connectivity index (χ0n) is 9.88. The lowest BCUT2D eigenvalue weighted by Gasteiger charge is -2.04. The third kappa shape index (κ3) is 2.74. The third-order valence-electron chi connectivity index (χ3n) is 2.48. The molecule has 2 aromatic rings. The second-order valence-corrected chi connectivity index (χ2v) is 3.89. The first-order valence-corrected chi connectivity index (χ1v) is 5.48. The molecule has 0 heterocycles. The van der Waals surface area contributed by atoms with Crippen LogP contribution in [0.25, 0.3) is 0 Å². The molecular formula is C15H11NO2. The number of carbonyl (C=O) groups excluding carboxylic acids is 1. The molecule has 0 bridgehead atoms. The van der Waals surface area contributed by atoms with Crippen LogP contribution in [-0.4, -0.2) is 5.97 Å². The molecule has 0 radical (unpaired) electrons. The van der Waals surface area contributed by atoms with E-state index in [0.29, 0.717) is 16.9 Å². The Morgan fingerprint density at radius 3 is 2.22 bits per heavy atom. The minimum absolute atomic E-state index is 0.426. The minimum atomic E-state index is -0.427. The molecule has 88 valence electrons. The molecular weight excluding hydrogens is 226 g/mol. The zero-order valence-corrected chi connectivity index (χ0v) is 9.88. The van der Waals surface area contributed by atoms with Crippen molar-refractivity contribution in [3.63, 3.8) is 0 Å². The lowest BCUT2D eigenvalue weighted by Crippen LogP contribution is -2.08. The van der Waals surface area contributed by atoms with Crippen molar-refractivity contribution >= 4 is 5.97 Å². The summed E-state index contributed by atoms with van der Waals surface area (Å²) >= 11 is 0. The summed E-state index contributed by atoms with van der Waals surface area (Å²) in [5, 5.41) is 8.66. The van der Waals surface area contributed by atoms with Gasteiger partial charge in [-0.3, -0.25) is 0 Å². The SMILES string of the molecule is Cc1ccc(OC(=O)c2ccc(C#N)cc2)cc1. The summed E-state index contributed by atoms with van der Waals surface area (Å²) in [4.78, 5) is 11.8. The van der Waals surface area contributed by atoms with Crippen molar-refractivity contribution in [1.82, 2.24) is 0 Å². The highest BCUT2D eigenvalue weighted by molar-refractivity contribution is 5.91. The summed E-state index contributed by atoms with van der Waals surface area (Å²) < 4.78 is 5.21. The van der Waals surface area contributed by atoms with Crippen LogP contribution in [0.15, 0.2) is 48.5 Å². The van der Waals surface area contributed by atoms with E-state index in [2.05, 4.69) is 0 Å². The molecule has 2 aromatic carbocycles. The van der Waals surface area contributed by atoms with Gasteiger partial charge in [0.1, 0.15) is 5.75 Å². The van der Waals surface area contributed by atoms with E-state index in [-0.39, 0.29) is 0 Å². The average molecular weight is 237 g/mol. The van der Waals surface area contributed by atoms with Gasteiger partial charge in [-0.15, -0.1) is 0 Å². The summed E-state index contributed by atoms with van der Waals surface area (Å²) in [7, 11) is 0. The predicted molar refractivity (Wildman–Crippen MR) is 67.3 cm³/mol. The molecule has 2 rings (SSSR count). The number of esters is 1. The number of hydrogen-bond acceptors (Lipinski definition) is 3. The van der Waals surface area contributed by atoms with Gasteiger partial charge in [-0.1, -0.05) is 17.7 Å². The standard InChI is InChI=1S/C15H11NO2/c1-11-2-8-14(9-3-11)18-15(17)13-6-4-12(10-16)5-7-13/h2-9H,1H3. The van der Waals surface area contributed by atoms with E-state index < -0.39 is 5.97 Å². The Morgan fingerprint density at radius 1 is 1.06 bits per heavy atom. The molecule has 3 heteroatoms. The first-order valence-electron chi connectivity index (χ1n) is 5.48. The van der Waals surface area contributed by atoms with Crippen molar-refractivity contribution in [2.45, 2.75) is 6.92 Å². The Kier molecular flexibility index (Phi) is 3.40. The Morgan fingerprint density at radius 2 is 1.67 bits per heavy atom. The monoisotopic (exact) mass is 237 g/mol. The lowest BCUT2D eigenvalue weighted by atomic mass is 10.1. The Bertz CT molecular complexity index is 592. The summed E-state index contributed by atoms with van der Waals surface area (Å²) in [5.74, 6) is 0.0818. The van der Waals surface area contributed by atoms with E-state index in [4.69, 9.17) is 10.00 Å². The highest BCUT2D eigenvalue weighted by Crippen LogP contribution is 2.14. The van der Waals surface area contributed by atoms with Crippen LogP contribution >= 0.6 is 0 Å². The summed E-state index contributed by atoms with van der Waals surface area (Å²) in [6.45, 7) is 1.96. The highest BCUT2D eigenvalue weighted by Gasteiger charge is 2.08. The molecule has 0 aliphatic heterocycles. The van der Waals surface area contributed by atoms with E-state index in [1.165, 1.54) is 0 Å². The number of carbonyl (C=O) groups is 1. The van der Waals surface area contributed by atoms with Crippen LogP contribution in [0.2, 0.25) is 0 Å². The van der Waals surface area contributed by atoms with Gasteiger partial charge in [0.2, 0.25) is 0 Å².